The van der Waals surface area contributed by atoms with Crippen LogP contribution in [0.25, 0.3) is 10.8 Å². The molecule has 3 aromatic rings. The van der Waals surface area contributed by atoms with Crippen LogP contribution in [0.2, 0.25) is 0 Å². The first-order valence-electron chi connectivity index (χ1n) is 10.5. The van der Waals surface area contributed by atoms with Crippen molar-refractivity contribution in [2.24, 2.45) is 0 Å². The number of hydrogen-bond acceptors (Lipinski definition) is 6. The van der Waals surface area contributed by atoms with Gasteiger partial charge >= 0.3 is 5.97 Å². The van der Waals surface area contributed by atoms with Crippen LogP contribution in [-0.4, -0.2) is 45.6 Å². The third-order valence-electron chi connectivity index (χ3n) is 4.49. The fraction of sp³-hybridized carbons (Fsp3) is 0.269. The maximum Gasteiger partial charge on any atom is 0.333 e. The Balaban J connectivity index is 1.45. The van der Waals surface area contributed by atoms with Crippen molar-refractivity contribution in [2.75, 3.05) is 39.6 Å². The molecular formula is C26H28O6. The van der Waals surface area contributed by atoms with E-state index in [1.165, 1.54) is 0 Å². The van der Waals surface area contributed by atoms with Crippen molar-refractivity contribution in [2.45, 2.75) is 6.92 Å². The third-order valence-corrected chi connectivity index (χ3v) is 4.49. The number of benzene rings is 3. The number of carbonyl (C=O) groups excluding carboxylic acids is 1. The van der Waals surface area contributed by atoms with E-state index in [0.29, 0.717) is 38.6 Å². The summed E-state index contributed by atoms with van der Waals surface area (Å²) in [5, 5.41) is 1.93. The Hall–Kier alpha value is -3.51. The third kappa shape index (κ3) is 7.03. The highest BCUT2D eigenvalue weighted by Crippen LogP contribution is 2.33. The minimum Gasteiger partial charge on any atom is -0.491 e. The number of hydrogen-bond donors (Lipinski definition) is 0. The highest BCUT2D eigenvalue weighted by molar-refractivity contribution is 5.93. The van der Waals surface area contributed by atoms with E-state index >= 15 is 0 Å². The molecule has 3 aromatic carbocycles. The summed E-state index contributed by atoms with van der Waals surface area (Å²) in [5.41, 5.74) is 0.372. The zero-order valence-electron chi connectivity index (χ0n) is 18.3. The first kappa shape index (κ1) is 23.2. The van der Waals surface area contributed by atoms with Gasteiger partial charge in [-0.1, -0.05) is 49.0 Å². The van der Waals surface area contributed by atoms with Crippen LogP contribution in [0.3, 0.4) is 0 Å². The quantitative estimate of drug-likeness (QED) is 0.218. The summed E-state index contributed by atoms with van der Waals surface area (Å²) in [6, 6.07) is 21.4. The Labute approximate surface area is 188 Å². The van der Waals surface area contributed by atoms with Gasteiger partial charge in [-0.2, -0.15) is 0 Å². The van der Waals surface area contributed by atoms with Gasteiger partial charge in [-0.25, -0.2) is 4.79 Å². The van der Waals surface area contributed by atoms with Crippen LogP contribution in [0.4, 0.5) is 0 Å². The largest absolute Gasteiger partial charge is 0.491 e. The van der Waals surface area contributed by atoms with Crippen molar-refractivity contribution in [3.8, 4) is 17.2 Å². The van der Waals surface area contributed by atoms with Crippen LogP contribution < -0.4 is 14.2 Å². The topological polar surface area (TPSA) is 63.2 Å². The fourth-order valence-corrected chi connectivity index (χ4v) is 2.95. The molecule has 0 saturated heterocycles. The maximum absolute atomic E-state index is 11.3. The number of esters is 1. The average molecular weight is 437 g/mol. The van der Waals surface area contributed by atoms with Gasteiger partial charge in [0, 0.05) is 16.3 Å². The second-order valence-electron chi connectivity index (χ2n) is 6.99. The van der Waals surface area contributed by atoms with Gasteiger partial charge in [-0.05, 0) is 31.2 Å². The maximum atomic E-state index is 11.3. The minimum absolute atomic E-state index is 0.189. The molecule has 0 spiro atoms. The summed E-state index contributed by atoms with van der Waals surface area (Å²) in [6.45, 7) is 7.28. The van der Waals surface area contributed by atoms with Gasteiger partial charge in [-0.15, -0.1) is 0 Å². The van der Waals surface area contributed by atoms with Crippen LogP contribution >= 0.6 is 0 Å². The van der Waals surface area contributed by atoms with E-state index in [-0.39, 0.29) is 6.61 Å². The zero-order valence-corrected chi connectivity index (χ0v) is 18.3. The second-order valence-corrected chi connectivity index (χ2v) is 6.99. The summed E-state index contributed by atoms with van der Waals surface area (Å²) in [7, 11) is 0. The smallest absolute Gasteiger partial charge is 0.333 e. The van der Waals surface area contributed by atoms with Crippen LogP contribution in [0.15, 0.2) is 78.9 Å². The lowest BCUT2D eigenvalue weighted by Crippen LogP contribution is -2.14. The predicted octanol–water partition coefficient (Wildman–Crippen LogP) is 4.81. The monoisotopic (exact) mass is 436 g/mol. The standard InChI is InChI=1S/C26H28O6/c1-20(2)26(27)32-17-15-28-14-16-30-24-12-13-25(23-11-7-6-10-22(23)24)31-19-18-29-21-8-4-3-5-9-21/h3-13H,1,14-19H2,2H3. The Morgan fingerprint density at radius 3 is 1.84 bits per heavy atom. The number of para-hydroxylation sites is 1. The van der Waals surface area contributed by atoms with Crippen molar-refractivity contribution in [3.05, 3.63) is 78.9 Å². The molecule has 0 unspecified atom stereocenters. The van der Waals surface area contributed by atoms with Crippen LogP contribution in [0, 0.1) is 0 Å². The molecule has 0 radical (unpaired) electrons. The first-order chi connectivity index (χ1) is 15.6. The lowest BCUT2D eigenvalue weighted by molar-refractivity contribution is -0.140. The highest BCUT2D eigenvalue weighted by atomic mass is 16.6. The summed E-state index contributed by atoms with van der Waals surface area (Å²) < 4.78 is 28.0. The molecule has 0 aliphatic rings. The first-order valence-corrected chi connectivity index (χ1v) is 10.5. The number of fused-ring (bicyclic) bond motifs is 1. The van der Waals surface area contributed by atoms with Gasteiger partial charge in [0.15, 0.2) is 0 Å². The van der Waals surface area contributed by atoms with Crippen molar-refractivity contribution in [1.29, 1.82) is 0 Å². The molecule has 6 nitrogen and oxygen atoms in total. The van der Waals surface area contributed by atoms with Crippen molar-refractivity contribution >= 4 is 16.7 Å². The highest BCUT2D eigenvalue weighted by Gasteiger charge is 2.08. The van der Waals surface area contributed by atoms with Gasteiger partial charge in [0.1, 0.15) is 43.7 Å². The summed E-state index contributed by atoms with van der Waals surface area (Å²) in [4.78, 5) is 11.3. The molecule has 0 saturated carbocycles. The molecule has 0 heterocycles. The van der Waals surface area contributed by atoms with E-state index in [2.05, 4.69) is 6.58 Å². The Bertz CT molecular complexity index is 1020. The SMILES string of the molecule is C=C(C)C(=O)OCCOCCOc1ccc(OCCOc2ccccc2)c2ccccc12. The van der Waals surface area contributed by atoms with Gasteiger partial charge in [0.25, 0.3) is 0 Å². The van der Waals surface area contributed by atoms with Crippen molar-refractivity contribution < 1.29 is 28.5 Å². The number of rotatable bonds is 13. The summed E-state index contributed by atoms with van der Waals surface area (Å²) in [5.74, 6) is 1.94. The molecule has 0 aliphatic carbocycles. The Morgan fingerprint density at radius 1 is 0.688 bits per heavy atom. The number of carbonyl (C=O) groups is 1. The molecule has 168 valence electrons. The molecular weight excluding hydrogens is 408 g/mol. The Kier molecular flexibility index (Phi) is 8.95. The molecule has 0 aliphatic heterocycles. The molecule has 0 N–H and O–H groups in total. The van der Waals surface area contributed by atoms with Crippen LogP contribution in [0.5, 0.6) is 17.2 Å². The molecule has 0 atom stereocenters. The Morgan fingerprint density at radius 2 is 1.22 bits per heavy atom. The summed E-state index contributed by atoms with van der Waals surface area (Å²) in [6.07, 6.45) is 0. The van der Waals surface area contributed by atoms with E-state index in [4.69, 9.17) is 23.7 Å². The molecule has 0 fully saturated rings. The summed E-state index contributed by atoms with van der Waals surface area (Å²) >= 11 is 0. The van der Waals surface area contributed by atoms with Gasteiger partial charge in [-0.3, -0.25) is 0 Å². The zero-order chi connectivity index (χ0) is 22.6. The van der Waals surface area contributed by atoms with Gasteiger partial charge in [0.2, 0.25) is 0 Å². The number of ether oxygens (including phenoxy) is 5. The van der Waals surface area contributed by atoms with Crippen LogP contribution in [0.1, 0.15) is 6.92 Å². The van der Waals surface area contributed by atoms with E-state index in [9.17, 15) is 4.79 Å². The molecule has 0 amide bonds. The van der Waals surface area contributed by atoms with Crippen LogP contribution in [-0.2, 0) is 14.3 Å². The lowest BCUT2D eigenvalue weighted by atomic mass is 10.1. The van der Waals surface area contributed by atoms with Gasteiger partial charge in [0.05, 0.1) is 13.2 Å². The van der Waals surface area contributed by atoms with Crippen molar-refractivity contribution in [3.63, 3.8) is 0 Å². The average Bonchev–Trinajstić information content (AvgIpc) is 2.82. The molecule has 6 heteroatoms. The molecule has 3 rings (SSSR count). The normalized spacial score (nSPS) is 10.5. The minimum atomic E-state index is -0.412. The van der Waals surface area contributed by atoms with E-state index in [1.807, 2.05) is 66.7 Å². The predicted molar refractivity (Wildman–Crippen MR) is 123 cm³/mol. The van der Waals surface area contributed by atoms with Crippen molar-refractivity contribution in [1.82, 2.24) is 0 Å². The molecule has 32 heavy (non-hydrogen) atoms. The fourth-order valence-electron chi connectivity index (χ4n) is 2.95. The lowest BCUT2D eigenvalue weighted by Gasteiger charge is -2.14. The second kappa shape index (κ2) is 12.4. The molecule has 0 aromatic heterocycles. The van der Waals surface area contributed by atoms with E-state index < -0.39 is 5.97 Å². The van der Waals surface area contributed by atoms with Gasteiger partial charge < -0.3 is 23.7 Å². The van der Waals surface area contributed by atoms with E-state index in [0.717, 1.165) is 28.0 Å². The van der Waals surface area contributed by atoms with E-state index in [1.54, 1.807) is 6.92 Å². The molecule has 0 bridgehead atoms.